The number of piperazine rings is 1. The monoisotopic (exact) mass is 409 g/mol. The molecular formula is C23H31N5O2. The molecule has 160 valence electrons. The molecule has 1 aromatic carbocycles. The Hall–Kier alpha value is -2.48. The molecule has 0 saturated carbocycles. The van der Waals surface area contributed by atoms with E-state index in [4.69, 9.17) is 9.47 Å². The quantitative estimate of drug-likeness (QED) is 0.548. The summed E-state index contributed by atoms with van der Waals surface area (Å²) in [5.74, 6) is 1.10. The molecule has 0 amide bonds. The van der Waals surface area contributed by atoms with E-state index in [1.54, 1.807) is 13.4 Å². The maximum atomic E-state index is 5.64. The normalized spacial score (nSPS) is 15.2. The van der Waals surface area contributed by atoms with E-state index in [9.17, 15) is 0 Å². The van der Waals surface area contributed by atoms with Crippen LogP contribution in [0.25, 0.3) is 10.9 Å². The molecule has 0 atom stereocenters. The van der Waals surface area contributed by atoms with Crippen molar-refractivity contribution in [2.24, 2.45) is 0 Å². The number of benzene rings is 1. The Morgan fingerprint density at radius 3 is 2.77 bits per heavy atom. The van der Waals surface area contributed by atoms with E-state index < -0.39 is 0 Å². The number of aryl methyl sites for hydroxylation is 1. The van der Waals surface area contributed by atoms with Crippen LogP contribution in [0.1, 0.15) is 23.7 Å². The molecule has 1 N–H and O–H groups in total. The van der Waals surface area contributed by atoms with Crippen molar-refractivity contribution in [2.75, 3.05) is 51.4 Å². The first-order valence-electron chi connectivity index (χ1n) is 10.7. The van der Waals surface area contributed by atoms with E-state index in [0.717, 1.165) is 45.0 Å². The van der Waals surface area contributed by atoms with E-state index in [1.807, 2.05) is 6.20 Å². The topological polar surface area (TPSA) is 66.5 Å². The van der Waals surface area contributed by atoms with Gasteiger partial charge in [0.2, 0.25) is 0 Å². The third-order valence-electron chi connectivity index (χ3n) is 5.65. The van der Waals surface area contributed by atoms with Gasteiger partial charge in [0.25, 0.3) is 0 Å². The van der Waals surface area contributed by atoms with Crippen LogP contribution in [0.2, 0.25) is 0 Å². The Bertz CT molecular complexity index is 950. The van der Waals surface area contributed by atoms with Gasteiger partial charge in [-0.25, -0.2) is 9.97 Å². The largest absolute Gasteiger partial charge is 0.382 e. The van der Waals surface area contributed by atoms with E-state index in [1.165, 1.54) is 27.7 Å². The van der Waals surface area contributed by atoms with Crippen molar-refractivity contribution in [3.05, 3.63) is 53.6 Å². The van der Waals surface area contributed by atoms with Crippen molar-refractivity contribution >= 4 is 16.7 Å². The first-order valence-corrected chi connectivity index (χ1v) is 10.7. The fraction of sp³-hybridized carbons (Fsp3) is 0.478. The van der Waals surface area contributed by atoms with Crippen LogP contribution in [0.15, 0.2) is 36.8 Å². The molecule has 1 fully saturated rings. The highest BCUT2D eigenvalue weighted by molar-refractivity contribution is 5.81. The SMILES string of the molecule is CCc1cncnc1N1CCN(Cc2cc3ccc(COCCOC)cc3[nH]2)CC1. The number of nitrogens with one attached hydrogen (secondary N) is 1. The van der Waals surface area contributed by atoms with Crippen molar-refractivity contribution in [3.8, 4) is 0 Å². The zero-order valence-corrected chi connectivity index (χ0v) is 17.9. The van der Waals surface area contributed by atoms with Crippen LogP contribution in [0.4, 0.5) is 5.82 Å². The van der Waals surface area contributed by atoms with Gasteiger partial charge >= 0.3 is 0 Å². The molecule has 1 aliphatic heterocycles. The van der Waals surface area contributed by atoms with Crippen molar-refractivity contribution < 1.29 is 9.47 Å². The van der Waals surface area contributed by atoms with Gasteiger partial charge in [-0.15, -0.1) is 0 Å². The van der Waals surface area contributed by atoms with E-state index in [-0.39, 0.29) is 0 Å². The first-order chi connectivity index (χ1) is 14.8. The van der Waals surface area contributed by atoms with E-state index in [2.05, 4.69) is 55.9 Å². The van der Waals surface area contributed by atoms with Gasteiger partial charge in [0, 0.05) is 62.8 Å². The maximum absolute atomic E-state index is 5.64. The highest BCUT2D eigenvalue weighted by atomic mass is 16.5. The Morgan fingerprint density at radius 1 is 1.10 bits per heavy atom. The minimum absolute atomic E-state index is 0.610. The lowest BCUT2D eigenvalue weighted by Gasteiger charge is -2.35. The number of aromatic amines is 1. The molecule has 1 saturated heterocycles. The van der Waals surface area contributed by atoms with Crippen molar-refractivity contribution in [2.45, 2.75) is 26.5 Å². The van der Waals surface area contributed by atoms with Crippen LogP contribution in [0.5, 0.6) is 0 Å². The second kappa shape index (κ2) is 10.0. The zero-order chi connectivity index (χ0) is 20.8. The third-order valence-corrected chi connectivity index (χ3v) is 5.65. The van der Waals surface area contributed by atoms with Crippen molar-refractivity contribution in [1.82, 2.24) is 19.9 Å². The Labute approximate surface area is 178 Å². The molecule has 3 heterocycles. The summed E-state index contributed by atoms with van der Waals surface area (Å²) in [5, 5.41) is 1.25. The molecule has 0 spiro atoms. The predicted molar refractivity (Wildman–Crippen MR) is 119 cm³/mol. The second-order valence-corrected chi connectivity index (χ2v) is 7.75. The van der Waals surface area contributed by atoms with Crippen molar-refractivity contribution in [1.29, 1.82) is 0 Å². The molecule has 0 aliphatic carbocycles. The highest BCUT2D eigenvalue weighted by Crippen LogP contribution is 2.21. The van der Waals surface area contributed by atoms with Crippen LogP contribution in [-0.4, -0.2) is 66.4 Å². The fourth-order valence-electron chi connectivity index (χ4n) is 3.99. The molecular weight excluding hydrogens is 378 g/mol. The molecule has 2 aromatic heterocycles. The number of H-pyrrole nitrogens is 1. The number of rotatable bonds is 9. The van der Waals surface area contributed by atoms with Gasteiger partial charge in [0.05, 0.1) is 19.8 Å². The Kier molecular flexibility index (Phi) is 6.94. The number of hydrogen-bond donors (Lipinski definition) is 1. The van der Waals surface area contributed by atoms with Gasteiger partial charge < -0.3 is 19.4 Å². The maximum Gasteiger partial charge on any atom is 0.135 e. The van der Waals surface area contributed by atoms with Gasteiger partial charge in [-0.3, -0.25) is 4.90 Å². The van der Waals surface area contributed by atoms with Crippen LogP contribution < -0.4 is 4.90 Å². The summed E-state index contributed by atoms with van der Waals surface area (Å²) in [6, 6.07) is 8.75. The lowest BCUT2D eigenvalue weighted by Crippen LogP contribution is -2.46. The predicted octanol–water partition coefficient (Wildman–Crippen LogP) is 3.01. The summed E-state index contributed by atoms with van der Waals surface area (Å²) in [5.41, 5.74) is 4.83. The Morgan fingerprint density at radius 2 is 1.97 bits per heavy atom. The number of aromatic nitrogens is 3. The van der Waals surface area contributed by atoms with Gasteiger partial charge in [-0.2, -0.15) is 0 Å². The molecule has 4 rings (SSSR count). The second-order valence-electron chi connectivity index (χ2n) is 7.75. The molecule has 30 heavy (non-hydrogen) atoms. The standard InChI is InChI=1S/C23H31N5O2/c1-3-19-14-24-17-25-23(19)28-8-6-27(7-9-28)15-21-13-20-5-4-18(12-22(20)26-21)16-30-11-10-29-2/h4-5,12-14,17,26H,3,6-11,15-16H2,1-2H3. The molecule has 7 nitrogen and oxygen atoms in total. The van der Waals surface area contributed by atoms with E-state index in [0.29, 0.717) is 19.8 Å². The summed E-state index contributed by atoms with van der Waals surface area (Å²) >= 11 is 0. The molecule has 3 aromatic rings. The molecule has 0 bridgehead atoms. The molecule has 7 heteroatoms. The smallest absolute Gasteiger partial charge is 0.135 e. The first kappa shape index (κ1) is 20.8. The van der Waals surface area contributed by atoms with Gasteiger partial charge in [0.15, 0.2) is 0 Å². The summed E-state index contributed by atoms with van der Waals surface area (Å²) in [6.07, 6.45) is 4.56. The number of methoxy groups -OCH3 is 1. The lowest BCUT2D eigenvalue weighted by molar-refractivity contribution is 0.0617. The molecule has 0 radical (unpaired) electrons. The van der Waals surface area contributed by atoms with Crippen LogP contribution in [0.3, 0.4) is 0 Å². The Balaban J connectivity index is 1.33. The van der Waals surface area contributed by atoms with Crippen LogP contribution in [-0.2, 0) is 29.0 Å². The fourth-order valence-corrected chi connectivity index (χ4v) is 3.99. The number of anilines is 1. The average Bonchev–Trinajstić information content (AvgIpc) is 3.19. The van der Waals surface area contributed by atoms with Crippen LogP contribution in [0, 0.1) is 0 Å². The number of nitrogens with zero attached hydrogens (tertiary/aromatic N) is 4. The summed E-state index contributed by atoms with van der Waals surface area (Å²) in [7, 11) is 1.69. The summed E-state index contributed by atoms with van der Waals surface area (Å²) < 4.78 is 10.7. The lowest BCUT2D eigenvalue weighted by atomic mass is 10.2. The van der Waals surface area contributed by atoms with Crippen LogP contribution >= 0.6 is 0 Å². The van der Waals surface area contributed by atoms with E-state index >= 15 is 0 Å². The summed E-state index contributed by atoms with van der Waals surface area (Å²) in [4.78, 5) is 17.2. The highest BCUT2D eigenvalue weighted by Gasteiger charge is 2.20. The number of fused-ring (bicyclic) bond motifs is 1. The van der Waals surface area contributed by atoms with Crippen molar-refractivity contribution in [3.63, 3.8) is 0 Å². The third kappa shape index (κ3) is 4.98. The number of ether oxygens (including phenoxy) is 2. The van der Waals surface area contributed by atoms with Gasteiger partial charge in [0.1, 0.15) is 12.1 Å². The number of hydrogen-bond acceptors (Lipinski definition) is 6. The molecule has 0 unspecified atom stereocenters. The zero-order valence-electron chi connectivity index (χ0n) is 17.9. The summed E-state index contributed by atoms with van der Waals surface area (Å²) in [6.45, 7) is 8.99. The average molecular weight is 410 g/mol. The van der Waals surface area contributed by atoms with Gasteiger partial charge in [-0.1, -0.05) is 19.1 Å². The van der Waals surface area contributed by atoms with Gasteiger partial charge in [-0.05, 0) is 29.5 Å². The minimum atomic E-state index is 0.610. The minimum Gasteiger partial charge on any atom is -0.382 e. The molecule has 1 aliphatic rings.